The third kappa shape index (κ3) is 3.11. The van der Waals surface area contributed by atoms with Crippen LogP contribution in [0.1, 0.15) is 54.2 Å². The lowest BCUT2D eigenvalue weighted by molar-refractivity contribution is 0.0696. The van der Waals surface area contributed by atoms with E-state index in [-0.39, 0.29) is 0 Å². The number of carboxylic acid groups (broad SMARTS) is 1. The number of hydrogen-bond donors (Lipinski definition) is 1. The normalized spacial score (nSPS) is 16.4. The molecular weight excluding hydrogens is 252 g/mol. The fourth-order valence-electron chi connectivity index (χ4n) is 3.15. The van der Waals surface area contributed by atoms with Crippen molar-refractivity contribution in [1.82, 2.24) is 4.98 Å². The van der Waals surface area contributed by atoms with E-state index >= 15 is 0 Å². The number of hydrogen-bond acceptors (Lipinski definition) is 3. The number of anilines is 1. The first kappa shape index (κ1) is 14.8. The maximum Gasteiger partial charge on any atom is 0.339 e. The van der Waals surface area contributed by atoms with Crippen LogP contribution < -0.4 is 4.90 Å². The zero-order valence-electron chi connectivity index (χ0n) is 12.6. The van der Waals surface area contributed by atoms with Crippen molar-refractivity contribution in [1.29, 1.82) is 0 Å². The van der Waals surface area contributed by atoms with E-state index in [1.165, 1.54) is 12.8 Å². The standard InChI is InChI=1S/C16H24N2O2/c1-4-5-13-6-8-18(9-7-13)15-14(16(19)20)11(2)10-12(3)17-15/h10,13H,4-9H2,1-3H3,(H,19,20). The van der Waals surface area contributed by atoms with Crippen LogP contribution in [0, 0.1) is 19.8 Å². The predicted molar refractivity (Wildman–Crippen MR) is 80.5 cm³/mol. The van der Waals surface area contributed by atoms with Crippen LogP contribution in [0.5, 0.6) is 0 Å². The monoisotopic (exact) mass is 276 g/mol. The second kappa shape index (κ2) is 6.25. The smallest absolute Gasteiger partial charge is 0.339 e. The van der Waals surface area contributed by atoms with Crippen molar-refractivity contribution in [3.63, 3.8) is 0 Å². The van der Waals surface area contributed by atoms with E-state index in [9.17, 15) is 9.90 Å². The van der Waals surface area contributed by atoms with Crippen molar-refractivity contribution >= 4 is 11.8 Å². The van der Waals surface area contributed by atoms with Gasteiger partial charge in [0.05, 0.1) is 0 Å². The highest BCUT2D eigenvalue weighted by Gasteiger charge is 2.25. The molecular formula is C16H24N2O2. The summed E-state index contributed by atoms with van der Waals surface area (Å²) >= 11 is 0. The van der Waals surface area contributed by atoms with Gasteiger partial charge in [-0.2, -0.15) is 0 Å². The molecule has 1 aliphatic rings. The van der Waals surface area contributed by atoms with Crippen molar-refractivity contribution in [2.45, 2.75) is 46.5 Å². The van der Waals surface area contributed by atoms with Crippen LogP contribution in [-0.4, -0.2) is 29.1 Å². The van der Waals surface area contributed by atoms with Crippen LogP contribution in [-0.2, 0) is 0 Å². The maximum absolute atomic E-state index is 11.5. The van der Waals surface area contributed by atoms with Gasteiger partial charge < -0.3 is 10.0 Å². The Labute approximate surface area is 120 Å². The van der Waals surface area contributed by atoms with Crippen molar-refractivity contribution < 1.29 is 9.90 Å². The molecule has 2 heterocycles. The second-order valence-corrected chi connectivity index (χ2v) is 5.80. The Morgan fingerprint density at radius 1 is 1.40 bits per heavy atom. The number of carbonyl (C=O) groups is 1. The summed E-state index contributed by atoms with van der Waals surface area (Å²) in [7, 11) is 0. The van der Waals surface area contributed by atoms with E-state index in [2.05, 4.69) is 16.8 Å². The van der Waals surface area contributed by atoms with Crippen molar-refractivity contribution in [2.75, 3.05) is 18.0 Å². The van der Waals surface area contributed by atoms with Gasteiger partial charge >= 0.3 is 5.97 Å². The highest BCUT2D eigenvalue weighted by atomic mass is 16.4. The first-order valence-electron chi connectivity index (χ1n) is 7.49. The van der Waals surface area contributed by atoms with Gasteiger partial charge in [-0.1, -0.05) is 19.8 Å². The van der Waals surface area contributed by atoms with E-state index in [4.69, 9.17) is 0 Å². The molecule has 20 heavy (non-hydrogen) atoms. The van der Waals surface area contributed by atoms with Crippen LogP contribution in [0.2, 0.25) is 0 Å². The number of rotatable bonds is 4. The van der Waals surface area contributed by atoms with Gasteiger partial charge in [0.15, 0.2) is 0 Å². The molecule has 4 nitrogen and oxygen atoms in total. The molecule has 1 aliphatic heterocycles. The molecule has 1 saturated heterocycles. The molecule has 0 atom stereocenters. The number of aromatic carboxylic acids is 1. The average molecular weight is 276 g/mol. The molecule has 0 saturated carbocycles. The molecule has 0 spiro atoms. The van der Waals surface area contributed by atoms with E-state index in [1.807, 2.05) is 19.9 Å². The van der Waals surface area contributed by atoms with Gasteiger partial charge in [-0.15, -0.1) is 0 Å². The summed E-state index contributed by atoms with van der Waals surface area (Å²) in [6.45, 7) is 7.83. The Bertz CT molecular complexity index is 491. The lowest BCUT2D eigenvalue weighted by Crippen LogP contribution is -2.35. The molecule has 110 valence electrons. The fourth-order valence-corrected chi connectivity index (χ4v) is 3.15. The van der Waals surface area contributed by atoms with Gasteiger partial charge in [0.1, 0.15) is 11.4 Å². The highest BCUT2D eigenvalue weighted by molar-refractivity contribution is 5.95. The van der Waals surface area contributed by atoms with E-state index in [1.54, 1.807) is 0 Å². The lowest BCUT2D eigenvalue weighted by atomic mass is 9.92. The van der Waals surface area contributed by atoms with Crippen LogP contribution in [0.15, 0.2) is 6.07 Å². The Balaban J connectivity index is 2.23. The number of piperidine rings is 1. The number of aryl methyl sites for hydroxylation is 2. The molecule has 2 rings (SSSR count). The van der Waals surface area contributed by atoms with Crippen LogP contribution in [0.3, 0.4) is 0 Å². The Hall–Kier alpha value is -1.58. The third-order valence-electron chi connectivity index (χ3n) is 4.15. The van der Waals surface area contributed by atoms with Crippen molar-refractivity contribution in [2.24, 2.45) is 5.92 Å². The van der Waals surface area contributed by atoms with E-state index in [0.29, 0.717) is 11.4 Å². The summed E-state index contributed by atoms with van der Waals surface area (Å²) in [6.07, 6.45) is 4.79. The quantitative estimate of drug-likeness (QED) is 0.915. The van der Waals surface area contributed by atoms with Crippen LogP contribution in [0.25, 0.3) is 0 Å². The highest BCUT2D eigenvalue weighted by Crippen LogP contribution is 2.28. The maximum atomic E-state index is 11.5. The lowest BCUT2D eigenvalue weighted by Gasteiger charge is -2.33. The minimum Gasteiger partial charge on any atom is -0.478 e. The van der Waals surface area contributed by atoms with Crippen LogP contribution in [0.4, 0.5) is 5.82 Å². The molecule has 1 N–H and O–H groups in total. The zero-order chi connectivity index (χ0) is 14.7. The largest absolute Gasteiger partial charge is 0.478 e. The minimum atomic E-state index is -0.874. The fraction of sp³-hybridized carbons (Fsp3) is 0.625. The van der Waals surface area contributed by atoms with Gasteiger partial charge in [0.25, 0.3) is 0 Å². The molecule has 1 fully saturated rings. The molecule has 1 aromatic heterocycles. The summed E-state index contributed by atoms with van der Waals surface area (Å²) in [5.41, 5.74) is 2.05. The molecule has 0 radical (unpaired) electrons. The van der Waals surface area contributed by atoms with Gasteiger partial charge in [0, 0.05) is 18.8 Å². The van der Waals surface area contributed by atoms with Gasteiger partial charge in [-0.25, -0.2) is 9.78 Å². The average Bonchev–Trinajstić information content (AvgIpc) is 2.38. The zero-order valence-corrected chi connectivity index (χ0v) is 12.6. The Morgan fingerprint density at radius 2 is 2.05 bits per heavy atom. The molecule has 0 aliphatic carbocycles. The summed E-state index contributed by atoms with van der Waals surface area (Å²) in [4.78, 5) is 18.1. The third-order valence-corrected chi connectivity index (χ3v) is 4.15. The van der Waals surface area contributed by atoms with Crippen LogP contribution >= 0.6 is 0 Å². The number of pyridine rings is 1. The summed E-state index contributed by atoms with van der Waals surface area (Å²) in [5, 5.41) is 9.44. The van der Waals surface area contributed by atoms with Gasteiger partial charge in [-0.05, 0) is 44.2 Å². The number of aromatic nitrogens is 1. The SMILES string of the molecule is CCCC1CCN(c2nc(C)cc(C)c2C(=O)O)CC1. The molecule has 0 aromatic carbocycles. The van der Waals surface area contributed by atoms with Gasteiger partial charge in [-0.3, -0.25) is 0 Å². The Kier molecular flexibility index (Phi) is 4.63. The molecule has 0 bridgehead atoms. The minimum absolute atomic E-state index is 0.365. The first-order valence-corrected chi connectivity index (χ1v) is 7.49. The molecule has 0 amide bonds. The van der Waals surface area contributed by atoms with E-state index < -0.39 is 5.97 Å². The summed E-state index contributed by atoms with van der Waals surface area (Å²) < 4.78 is 0. The molecule has 1 aromatic rings. The number of nitrogens with zero attached hydrogens (tertiary/aromatic N) is 2. The van der Waals surface area contributed by atoms with Crippen molar-refractivity contribution in [3.8, 4) is 0 Å². The topological polar surface area (TPSA) is 53.4 Å². The van der Waals surface area contributed by atoms with Gasteiger partial charge in [0.2, 0.25) is 0 Å². The number of carboxylic acids is 1. The molecule has 0 unspecified atom stereocenters. The second-order valence-electron chi connectivity index (χ2n) is 5.80. The summed E-state index contributed by atoms with van der Waals surface area (Å²) in [6, 6.07) is 1.84. The molecule has 4 heteroatoms. The Morgan fingerprint density at radius 3 is 2.60 bits per heavy atom. The first-order chi connectivity index (χ1) is 9.52. The summed E-state index contributed by atoms with van der Waals surface area (Å²) in [5.74, 6) is 0.570. The van der Waals surface area contributed by atoms with E-state index in [0.717, 1.165) is 43.1 Å². The van der Waals surface area contributed by atoms with Crippen molar-refractivity contribution in [3.05, 3.63) is 22.9 Å². The predicted octanol–water partition coefficient (Wildman–Crippen LogP) is 3.41.